The quantitative estimate of drug-likeness (QED) is 0.848. The van der Waals surface area contributed by atoms with Gasteiger partial charge in [-0.25, -0.2) is 4.98 Å². The van der Waals surface area contributed by atoms with Crippen molar-refractivity contribution >= 4 is 22.7 Å². The minimum Gasteiger partial charge on any atom is -0.399 e. The van der Waals surface area contributed by atoms with Gasteiger partial charge in [-0.2, -0.15) is 0 Å². The highest BCUT2D eigenvalue weighted by Crippen LogP contribution is 2.24. The third kappa shape index (κ3) is 2.58. The Bertz CT molecular complexity index is 519. The van der Waals surface area contributed by atoms with Crippen molar-refractivity contribution < 1.29 is 0 Å². The first kappa shape index (κ1) is 11.9. The summed E-state index contributed by atoms with van der Waals surface area (Å²) in [6.07, 6.45) is 0. The molecule has 2 aromatic rings. The highest BCUT2D eigenvalue weighted by Gasteiger charge is 2.08. The first-order chi connectivity index (χ1) is 8.08. The molecule has 4 heteroatoms. The van der Waals surface area contributed by atoms with Crippen LogP contribution >= 0.6 is 11.3 Å². The van der Waals surface area contributed by atoms with Crippen LogP contribution in [0.4, 0.5) is 11.4 Å². The summed E-state index contributed by atoms with van der Waals surface area (Å²) in [6.45, 7) is 5.03. The molecule has 0 unspecified atom stereocenters. The van der Waals surface area contributed by atoms with Crippen LogP contribution in [0.15, 0.2) is 23.7 Å². The van der Waals surface area contributed by atoms with E-state index in [0.29, 0.717) is 0 Å². The number of benzene rings is 1. The normalized spacial score (nSPS) is 10.5. The van der Waals surface area contributed by atoms with E-state index in [1.807, 2.05) is 17.6 Å². The van der Waals surface area contributed by atoms with Crippen LogP contribution in [0.25, 0.3) is 0 Å². The number of nitrogens with two attached hydrogens (primary N) is 1. The second-order valence-electron chi connectivity index (χ2n) is 4.26. The van der Waals surface area contributed by atoms with E-state index in [1.54, 1.807) is 11.3 Å². The Hall–Kier alpha value is -1.55. The van der Waals surface area contributed by atoms with Crippen LogP contribution in [-0.4, -0.2) is 12.0 Å². The van der Waals surface area contributed by atoms with E-state index < -0.39 is 0 Å². The zero-order valence-corrected chi connectivity index (χ0v) is 11.2. The van der Waals surface area contributed by atoms with Gasteiger partial charge in [0.25, 0.3) is 0 Å². The maximum absolute atomic E-state index is 5.76. The molecule has 0 aliphatic rings. The Morgan fingerprint density at radius 2 is 2.12 bits per heavy atom. The smallest absolute Gasteiger partial charge is 0.0798 e. The first-order valence-corrected chi connectivity index (χ1v) is 6.42. The molecule has 0 saturated carbocycles. The van der Waals surface area contributed by atoms with Crippen LogP contribution in [-0.2, 0) is 6.54 Å². The van der Waals surface area contributed by atoms with Crippen LogP contribution < -0.4 is 10.6 Å². The fourth-order valence-corrected chi connectivity index (χ4v) is 2.72. The Morgan fingerprint density at radius 3 is 2.71 bits per heavy atom. The summed E-state index contributed by atoms with van der Waals surface area (Å²) in [5, 5.41) is 0. The number of hydrogen-bond acceptors (Lipinski definition) is 4. The van der Waals surface area contributed by atoms with Gasteiger partial charge >= 0.3 is 0 Å². The lowest BCUT2D eigenvalue weighted by atomic mass is 10.1. The average Bonchev–Trinajstić information content (AvgIpc) is 2.64. The molecule has 0 atom stereocenters. The van der Waals surface area contributed by atoms with E-state index in [9.17, 15) is 0 Å². The monoisotopic (exact) mass is 247 g/mol. The van der Waals surface area contributed by atoms with Crippen LogP contribution in [0.5, 0.6) is 0 Å². The van der Waals surface area contributed by atoms with Gasteiger partial charge in [-0.05, 0) is 37.6 Å². The number of rotatable bonds is 3. The molecule has 0 aliphatic heterocycles. The highest BCUT2D eigenvalue weighted by atomic mass is 32.1. The summed E-state index contributed by atoms with van der Waals surface area (Å²) < 4.78 is 0. The predicted molar refractivity (Wildman–Crippen MR) is 74.5 cm³/mol. The summed E-state index contributed by atoms with van der Waals surface area (Å²) in [6, 6.07) is 6.02. The number of hydrogen-bond donors (Lipinski definition) is 1. The first-order valence-electron chi connectivity index (χ1n) is 5.54. The minimum absolute atomic E-state index is 0.814. The summed E-state index contributed by atoms with van der Waals surface area (Å²) in [7, 11) is 2.09. The van der Waals surface area contributed by atoms with Crippen molar-refractivity contribution in [1.82, 2.24) is 4.98 Å². The summed E-state index contributed by atoms with van der Waals surface area (Å²) >= 11 is 1.70. The zero-order chi connectivity index (χ0) is 12.4. The molecule has 2 rings (SSSR count). The highest BCUT2D eigenvalue weighted by molar-refractivity contribution is 7.09. The van der Waals surface area contributed by atoms with Gasteiger partial charge < -0.3 is 10.6 Å². The number of nitrogens with zero attached hydrogens (tertiary/aromatic N) is 2. The Labute approximate surface area is 106 Å². The van der Waals surface area contributed by atoms with E-state index in [1.165, 1.54) is 16.1 Å². The lowest BCUT2D eigenvalue weighted by Gasteiger charge is -2.21. The van der Waals surface area contributed by atoms with E-state index >= 15 is 0 Å². The standard InChI is InChI=1S/C13H17N3S/c1-9-6-11(14)4-5-12(9)16(3)7-13-10(2)15-8-17-13/h4-6,8H,7,14H2,1-3H3. The Morgan fingerprint density at radius 1 is 1.35 bits per heavy atom. The molecular weight excluding hydrogens is 230 g/mol. The molecule has 0 spiro atoms. The Balaban J connectivity index is 2.20. The molecule has 0 amide bonds. The van der Waals surface area contributed by atoms with Gasteiger partial charge in [-0.3, -0.25) is 0 Å². The zero-order valence-electron chi connectivity index (χ0n) is 10.4. The minimum atomic E-state index is 0.814. The van der Waals surface area contributed by atoms with E-state index in [4.69, 9.17) is 5.73 Å². The van der Waals surface area contributed by atoms with Gasteiger partial charge in [0, 0.05) is 23.3 Å². The van der Waals surface area contributed by atoms with Crippen LogP contribution in [0.3, 0.4) is 0 Å². The second-order valence-corrected chi connectivity index (χ2v) is 5.20. The molecule has 2 N–H and O–H groups in total. The van der Waals surface area contributed by atoms with Gasteiger partial charge in [0.05, 0.1) is 17.7 Å². The molecule has 3 nitrogen and oxygen atoms in total. The molecule has 17 heavy (non-hydrogen) atoms. The fourth-order valence-electron chi connectivity index (χ4n) is 1.89. The van der Waals surface area contributed by atoms with Crippen molar-refractivity contribution in [3.63, 3.8) is 0 Å². The summed E-state index contributed by atoms with van der Waals surface area (Å²) in [4.78, 5) is 7.81. The number of aryl methyl sites for hydroxylation is 2. The molecule has 0 radical (unpaired) electrons. The summed E-state index contributed by atoms with van der Waals surface area (Å²) in [5.74, 6) is 0. The van der Waals surface area contributed by atoms with Gasteiger partial charge in [0.2, 0.25) is 0 Å². The van der Waals surface area contributed by atoms with Gasteiger partial charge in [-0.15, -0.1) is 11.3 Å². The predicted octanol–water partition coefficient (Wildman–Crippen LogP) is 2.98. The van der Waals surface area contributed by atoms with Crippen LogP contribution in [0.2, 0.25) is 0 Å². The number of nitrogen functional groups attached to an aromatic ring is 1. The van der Waals surface area contributed by atoms with Gasteiger partial charge in [0.1, 0.15) is 0 Å². The maximum Gasteiger partial charge on any atom is 0.0798 e. The second kappa shape index (κ2) is 4.75. The molecule has 1 aromatic carbocycles. The number of thiazole rings is 1. The molecule has 1 aromatic heterocycles. The summed E-state index contributed by atoms with van der Waals surface area (Å²) in [5.41, 5.74) is 12.0. The molecular formula is C13H17N3S. The van der Waals surface area contributed by atoms with Crippen molar-refractivity contribution in [3.05, 3.63) is 39.8 Å². The largest absolute Gasteiger partial charge is 0.399 e. The molecule has 0 saturated heterocycles. The van der Waals surface area contributed by atoms with E-state index in [2.05, 4.69) is 36.8 Å². The van der Waals surface area contributed by atoms with Crippen LogP contribution in [0.1, 0.15) is 16.1 Å². The van der Waals surface area contributed by atoms with Crippen molar-refractivity contribution in [3.8, 4) is 0 Å². The molecule has 1 heterocycles. The lowest BCUT2D eigenvalue weighted by Crippen LogP contribution is -2.17. The topological polar surface area (TPSA) is 42.1 Å². The maximum atomic E-state index is 5.76. The van der Waals surface area contributed by atoms with Crippen molar-refractivity contribution in [2.45, 2.75) is 20.4 Å². The molecule has 0 fully saturated rings. The van der Waals surface area contributed by atoms with Crippen molar-refractivity contribution in [2.75, 3.05) is 17.7 Å². The van der Waals surface area contributed by atoms with Crippen LogP contribution in [0, 0.1) is 13.8 Å². The SMILES string of the molecule is Cc1cc(N)ccc1N(C)Cc1scnc1C. The molecule has 0 aliphatic carbocycles. The lowest BCUT2D eigenvalue weighted by molar-refractivity contribution is 0.920. The number of aromatic nitrogens is 1. The van der Waals surface area contributed by atoms with Gasteiger partial charge in [-0.1, -0.05) is 0 Å². The fraction of sp³-hybridized carbons (Fsp3) is 0.308. The van der Waals surface area contributed by atoms with E-state index in [0.717, 1.165) is 17.9 Å². The van der Waals surface area contributed by atoms with E-state index in [-0.39, 0.29) is 0 Å². The molecule has 0 bridgehead atoms. The Kier molecular flexibility index (Phi) is 3.33. The number of anilines is 2. The third-order valence-corrected chi connectivity index (χ3v) is 3.78. The average molecular weight is 247 g/mol. The third-order valence-electron chi connectivity index (χ3n) is 2.86. The van der Waals surface area contributed by atoms with Gasteiger partial charge in [0.15, 0.2) is 0 Å². The van der Waals surface area contributed by atoms with Crippen molar-refractivity contribution in [1.29, 1.82) is 0 Å². The van der Waals surface area contributed by atoms with Crippen molar-refractivity contribution in [2.24, 2.45) is 0 Å². The molecule has 90 valence electrons.